The maximum Gasteiger partial charge on any atom is 0.138 e. The summed E-state index contributed by atoms with van der Waals surface area (Å²) < 4.78 is 5.71. The first-order valence-corrected chi connectivity index (χ1v) is 6.28. The minimum atomic E-state index is 0.210. The second kappa shape index (κ2) is 3.64. The van der Waals surface area contributed by atoms with Crippen molar-refractivity contribution in [1.82, 2.24) is 0 Å². The van der Waals surface area contributed by atoms with E-state index in [9.17, 15) is 0 Å². The Morgan fingerprint density at radius 1 is 1.38 bits per heavy atom. The summed E-state index contributed by atoms with van der Waals surface area (Å²) in [6, 6.07) is 6.13. The molecule has 2 nitrogen and oxygen atoms in total. The second-order valence-corrected chi connectivity index (χ2v) is 5.35. The van der Waals surface area contributed by atoms with E-state index < -0.39 is 0 Å². The van der Waals surface area contributed by atoms with Gasteiger partial charge in [0.05, 0.1) is 11.1 Å². The maximum absolute atomic E-state index is 6.23. The lowest BCUT2D eigenvalue weighted by Gasteiger charge is -2.15. The first-order chi connectivity index (χ1) is 7.73. The van der Waals surface area contributed by atoms with Gasteiger partial charge in [-0.05, 0) is 43.4 Å². The topological polar surface area (TPSA) is 35.2 Å². The third kappa shape index (κ3) is 1.80. The monoisotopic (exact) mass is 237 g/mol. The van der Waals surface area contributed by atoms with Gasteiger partial charge in [0.1, 0.15) is 5.75 Å². The normalized spacial score (nSPS) is 21.9. The van der Waals surface area contributed by atoms with Crippen LogP contribution in [-0.2, 0) is 5.41 Å². The zero-order valence-corrected chi connectivity index (χ0v) is 9.96. The molecule has 0 unspecified atom stereocenters. The van der Waals surface area contributed by atoms with Gasteiger partial charge in [-0.15, -0.1) is 0 Å². The van der Waals surface area contributed by atoms with Crippen LogP contribution in [0, 0.1) is 0 Å². The van der Waals surface area contributed by atoms with Crippen LogP contribution in [0.3, 0.4) is 0 Å². The largest absolute Gasteiger partial charge is 0.489 e. The van der Waals surface area contributed by atoms with Crippen LogP contribution in [0.1, 0.15) is 31.2 Å². The molecule has 0 atom stereocenters. The summed E-state index contributed by atoms with van der Waals surface area (Å²) in [6.45, 7) is 0.714. The van der Waals surface area contributed by atoms with Crippen molar-refractivity contribution in [1.29, 1.82) is 0 Å². The maximum atomic E-state index is 6.23. The van der Waals surface area contributed by atoms with Crippen LogP contribution in [0.2, 0.25) is 5.02 Å². The van der Waals surface area contributed by atoms with Gasteiger partial charge in [-0.25, -0.2) is 0 Å². The van der Waals surface area contributed by atoms with Crippen molar-refractivity contribution in [2.24, 2.45) is 5.73 Å². The quantitative estimate of drug-likeness (QED) is 0.874. The van der Waals surface area contributed by atoms with Gasteiger partial charge in [0, 0.05) is 12.0 Å². The van der Waals surface area contributed by atoms with Gasteiger partial charge in [0.2, 0.25) is 0 Å². The van der Waals surface area contributed by atoms with Crippen molar-refractivity contribution in [2.75, 3.05) is 6.54 Å². The molecule has 2 saturated carbocycles. The van der Waals surface area contributed by atoms with Crippen molar-refractivity contribution < 1.29 is 4.74 Å². The van der Waals surface area contributed by atoms with E-state index >= 15 is 0 Å². The van der Waals surface area contributed by atoms with Crippen LogP contribution in [0.15, 0.2) is 18.2 Å². The summed E-state index contributed by atoms with van der Waals surface area (Å²) in [5.74, 6) is 0.820. The van der Waals surface area contributed by atoms with E-state index in [1.165, 1.54) is 18.4 Å². The predicted molar refractivity (Wildman–Crippen MR) is 65.1 cm³/mol. The zero-order valence-electron chi connectivity index (χ0n) is 9.21. The lowest BCUT2D eigenvalue weighted by atomic mass is 9.96. The highest BCUT2D eigenvalue weighted by Gasteiger charge is 2.43. The molecule has 3 heteroatoms. The van der Waals surface area contributed by atoms with Crippen LogP contribution in [0.25, 0.3) is 0 Å². The zero-order chi connectivity index (χ0) is 11.2. The Hall–Kier alpha value is -0.730. The van der Waals surface area contributed by atoms with Crippen LogP contribution in [-0.4, -0.2) is 12.6 Å². The first kappa shape index (κ1) is 10.4. The second-order valence-electron chi connectivity index (χ2n) is 4.95. The molecule has 0 radical (unpaired) electrons. The van der Waals surface area contributed by atoms with E-state index in [0.29, 0.717) is 12.6 Å². The van der Waals surface area contributed by atoms with Gasteiger partial charge in [-0.3, -0.25) is 0 Å². The molecule has 0 heterocycles. The van der Waals surface area contributed by atoms with Crippen molar-refractivity contribution >= 4 is 11.6 Å². The first-order valence-electron chi connectivity index (χ1n) is 5.90. The molecule has 1 aromatic rings. The smallest absolute Gasteiger partial charge is 0.138 e. The van der Waals surface area contributed by atoms with Gasteiger partial charge >= 0.3 is 0 Å². The van der Waals surface area contributed by atoms with E-state index in [2.05, 4.69) is 6.07 Å². The molecule has 2 fully saturated rings. The number of halogens is 1. The highest BCUT2D eigenvalue weighted by atomic mass is 35.5. The fourth-order valence-corrected chi connectivity index (χ4v) is 2.28. The van der Waals surface area contributed by atoms with E-state index in [1.54, 1.807) is 0 Å². The molecular formula is C13H16ClNO. The third-order valence-corrected chi connectivity index (χ3v) is 3.90. The predicted octanol–water partition coefficient (Wildman–Crippen LogP) is 2.87. The molecule has 1 aromatic carbocycles. The number of benzene rings is 1. The lowest BCUT2D eigenvalue weighted by Crippen LogP contribution is -2.19. The highest BCUT2D eigenvalue weighted by Crippen LogP contribution is 2.48. The summed E-state index contributed by atoms with van der Waals surface area (Å²) in [4.78, 5) is 0. The molecule has 86 valence electrons. The molecule has 0 saturated heterocycles. The number of ether oxygens (including phenoxy) is 1. The molecule has 0 aromatic heterocycles. The van der Waals surface area contributed by atoms with E-state index in [4.69, 9.17) is 22.1 Å². The van der Waals surface area contributed by atoms with Gasteiger partial charge in [-0.1, -0.05) is 17.7 Å². The Balaban J connectivity index is 1.84. The Bertz CT molecular complexity index is 410. The molecule has 2 aliphatic carbocycles. The number of rotatable bonds is 4. The summed E-state index contributed by atoms with van der Waals surface area (Å²) in [6.07, 6.45) is 5.08. The summed E-state index contributed by atoms with van der Waals surface area (Å²) in [7, 11) is 0. The third-order valence-electron chi connectivity index (χ3n) is 3.61. The molecule has 0 aliphatic heterocycles. The van der Waals surface area contributed by atoms with Crippen molar-refractivity contribution in [3.05, 3.63) is 28.8 Å². The molecule has 0 spiro atoms. The van der Waals surface area contributed by atoms with Gasteiger partial charge in [-0.2, -0.15) is 0 Å². The lowest BCUT2D eigenvalue weighted by molar-refractivity contribution is 0.303. The van der Waals surface area contributed by atoms with Crippen LogP contribution in [0.4, 0.5) is 0 Å². The average molecular weight is 238 g/mol. The Morgan fingerprint density at radius 2 is 2.12 bits per heavy atom. The Labute approximate surface area is 101 Å². The molecule has 2 aliphatic rings. The van der Waals surface area contributed by atoms with Crippen LogP contribution in [0.5, 0.6) is 5.75 Å². The summed E-state index contributed by atoms with van der Waals surface area (Å²) >= 11 is 6.23. The number of hydrogen-bond acceptors (Lipinski definition) is 2. The summed E-state index contributed by atoms with van der Waals surface area (Å²) in [5.41, 5.74) is 7.28. The molecular weight excluding hydrogens is 222 g/mol. The van der Waals surface area contributed by atoms with Crippen molar-refractivity contribution in [3.63, 3.8) is 0 Å². The van der Waals surface area contributed by atoms with Crippen molar-refractivity contribution in [3.8, 4) is 5.75 Å². The minimum Gasteiger partial charge on any atom is -0.489 e. The van der Waals surface area contributed by atoms with E-state index in [-0.39, 0.29) is 5.41 Å². The summed E-state index contributed by atoms with van der Waals surface area (Å²) in [5, 5.41) is 0.726. The van der Waals surface area contributed by atoms with Gasteiger partial charge < -0.3 is 10.5 Å². The fraction of sp³-hybridized carbons (Fsp3) is 0.538. The molecule has 0 amide bonds. The van der Waals surface area contributed by atoms with Gasteiger partial charge in [0.15, 0.2) is 0 Å². The molecule has 16 heavy (non-hydrogen) atoms. The van der Waals surface area contributed by atoms with Crippen LogP contribution < -0.4 is 10.5 Å². The van der Waals surface area contributed by atoms with E-state index in [1.807, 2.05) is 12.1 Å². The van der Waals surface area contributed by atoms with Crippen LogP contribution >= 0.6 is 11.6 Å². The Morgan fingerprint density at radius 3 is 2.62 bits per heavy atom. The number of nitrogens with two attached hydrogens (primary N) is 1. The molecule has 2 N–H and O–H groups in total. The standard InChI is InChI=1S/C13H16ClNO/c14-11-7-9(13(8-15)5-6-13)1-4-12(11)16-10-2-3-10/h1,4,7,10H,2-3,5-6,8,15H2. The minimum absolute atomic E-state index is 0.210. The van der Waals surface area contributed by atoms with Gasteiger partial charge in [0.25, 0.3) is 0 Å². The SMILES string of the molecule is NCC1(c2ccc(OC3CC3)c(Cl)c2)CC1. The molecule has 3 rings (SSSR count). The molecule has 0 bridgehead atoms. The highest BCUT2D eigenvalue weighted by molar-refractivity contribution is 6.32. The average Bonchev–Trinajstić information content (AvgIpc) is 3.15. The Kier molecular flexibility index (Phi) is 2.37. The fourth-order valence-electron chi connectivity index (χ4n) is 2.05. The number of hydrogen-bond donors (Lipinski definition) is 1. The van der Waals surface area contributed by atoms with E-state index in [0.717, 1.165) is 23.6 Å². The van der Waals surface area contributed by atoms with Crippen molar-refractivity contribution in [2.45, 2.75) is 37.2 Å².